The number of hydrogen-bond acceptors (Lipinski definition) is 0. The van der Waals surface area contributed by atoms with Crippen LogP contribution in [0.1, 0.15) is 39.5 Å². The van der Waals surface area contributed by atoms with Gasteiger partial charge in [-0.15, -0.1) is 0 Å². The van der Waals surface area contributed by atoms with Crippen LogP contribution < -0.4 is 0 Å². The fourth-order valence-electron chi connectivity index (χ4n) is 2.44. The second-order valence-electron chi connectivity index (χ2n) is 4.15. The minimum absolute atomic E-state index is 1.09. The van der Waals surface area contributed by atoms with E-state index in [9.17, 15) is 0 Å². The smallest absolute Gasteiger partial charge is 0.0952 e. The molecule has 0 spiro atoms. The van der Waals surface area contributed by atoms with Crippen molar-refractivity contribution in [2.75, 3.05) is 0 Å². The highest BCUT2D eigenvalue weighted by Crippen LogP contribution is 2.29. The molecule has 0 radical (unpaired) electrons. The zero-order valence-electron chi connectivity index (χ0n) is 9.05. The summed E-state index contributed by atoms with van der Waals surface area (Å²) in [5, 5.41) is 0. The third-order valence-corrected chi connectivity index (χ3v) is 7.59. The van der Waals surface area contributed by atoms with Crippen LogP contribution in [0.5, 0.6) is 0 Å². The zero-order chi connectivity index (χ0) is 9.57. The summed E-state index contributed by atoms with van der Waals surface area (Å²) in [6.07, 6.45) is 10.4. The van der Waals surface area contributed by atoms with E-state index < -0.39 is 8.07 Å². The molecule has 74 valence electrons. The summed E-state index contributed by atoms with van der Waals surface area (Å²) >= 11 is 0. The van der Waals surface area contributed by atoms with Gasteiger partial charge in [0.1, 0.15) is 8.07 Å². The van der Waals surface area contributed by atoms with Gasteiger partial charge in [-0.1, -0.05) is 61.3 Å². The highest BCUT2D eigenvalue weighted by molar-refractivity contribution is 6.89. The van der Waals surface area contributed by atoms with E-state index in [0.717, 1.165) is 0 Å². The van der Waals surface area contributed by atoms with Crippen LogP contribution in [0.25, 0.3) is 0 Å². The average molecular weight is 194 g/mol. The molecular weight excluding hydrogens is 172 g/mol. The molecule has 0 aromatic heterocycles. The second-order valence-corrected chi connectivity index (χ2v) is 8.28. The average Bonchev–Trinajstić information content (AvgIpc) is 2.32. The van der Waals surface area contributed by atoms with Crippen LogP contribution in [0.15, 0.2) is 23.6 Å². The van der Waals surface area contributed by atoms with Crippen molar-refractivity contribution in [3.8, 4) is 0 Å². The molecule has 1 aliphatic heterocycles. The SMILES string of the molecule is C/C=C\[Si]1(/C=C\C)CCCCCC1. The summed E-state index contributed by atoms with van der Waals surface area (Å²) in [7, 11) is -1.09. The molecule has 0 unspecified atom stereocenters. The minimum atomic E-state index is -1.09. The van der Waals surface area contributed by atoms with Gasteiger partial charge in [0.25, 0.3) is 0 Å². The van der Waals surface area contributed by atoms with E-state index in [2.05, 4.69) is 37.4 Å². The molecule has 0 saturated carbocycles. The number of rotatable bonds is 2. The van der Waals surface area contributed by atoms with Crippen molar-refractivity contribution in [1.29, 1.82) is 0 Å². The first-order chi connectivity index (χ1) is 6.33. The molecule has 0 N–H and O–H groups in total. The predicted molar refractivity (Wildman–Crippen MR) is 63.5 cm³/mol. The van der Waals surface area contributed by atoms with Gasteiger partial charge in [0.2, 0.25) is 0 Å². The lowest BCUT2D eigenvalue weighted by molar-refractivity contribution is 0.720. The van der Waals surface area contributed by atoms with Crippen LogP contribution >= 0.6 is 0 Å². The maximum Gasteiger partial charge on any atom is 0.101 e. The molecule has 1 rings (SSSR count). The fraction of sp³-hybridized carbons (Fsp3) is 0.667. The van der Waals surface area contributed by atoms with Crippen LogP contribution in [0.3, 0.4) is 0 Å². The molecule has 0 amide bonds. The first-order valence-corrected chi connectivity index (χ1v) is 8.17. The molecule has 0 atom stereocenters. The van der Waals surface area contributed by atoms with Crippen molar-refractivity contribution in [3.05, 3.63) is 23.6 Å². The van der Waals surface area contributed by atoms with E-state index in [-0.39, 0.29) is 0 Å². The highest BCUT2D eigenvalue weighted by Gasteiger charge is 2.26. The van der Waals surface area contributed by atoms with E-state index in [0.29, 0.717) is 0 Å². The van der Waals surface area contributed by atoms with E-state index in [4.69, 9.17) is 0 Å². The number of allylic oxidation sites excluding steroid dienone is 2. The summed E-state index contributed by atoms with van der Waals surface area (Å²) in [6.45, 7) is 4.34. The van der Waals surface area contributed by atoms with E-state index in [1.807, 2.05) is 0 Å². The van der Waals surface area contributed by atoms with Crippen LogP contribution in [0, 0.1) is 0 Å². The second kappa shape index (κ2) is 5.43. The summed E-state index contributed by atoms with van der Waals surface area (Å²) in [6, 6.07) is 2.98. The highest BCUT2D eigenvalue weighted by atomic mass is 28.3. The van der Waals surface area contributed by atoms with Gasteiger partial charge >= 0.3 is 0 Å². The van der Waals surface area contributed by atoms with Gasteiger partial charge in [0, 0.05) is 0 Å². The standard InChI is InChI=1S/C12H22Si/c1-3-9-13(10-4-2)11-7-5-6-8-12-13/h3-4,9-10H,5-8,11-12H2,1-2H3/b9-3-,10-4-. The lowest BCUT2D eigenvalue weighted by atomic mass is 10.2. The van der Waals surface area contributed by atoms with Gasteiger partial charge in [-0.25, -0.2) is 0 Å². The Balaban J connectivity index is 2.73. The molecule has 1 heterocycles. The van der Waals surface area contributed by atoms with Crippen molar-refractivity contribution in [2.45, 2.75) is 51.6 Å². The molecular formula is C12H22Si. The maximum absolute atomic E-state index is 2.54. The minimum Gasteiger partial charge on any atom is -0.0952 e. The largest absolute Gasteiger partial charge is 0.101 e. The van der Waals surface area contributed by atoms with Crippen molar-refractivity contribution < 1.29 is 0 Å². The summed E-state index contributed by atoms with van der Waals surface area (Å²) in [5.41, 5.74) is 5.08. The maximum atomic E-state index is 2.54. The van der Waals surface area contributed by atoms with E-state index >= 15 is 0 Å². The first-order valence-electron chi connectivity index (χ1n) is 5.61. The Morgan fingerprint density at radius 1 is 0.769 bits per heavy atom. The lowest BCUT2D eigenvalue weighted by Gasteiger charge is -2.22. The van der Waals surface area contributed by atoms with E-state index in [1.165, 1.54) is 37.8 Å². The molecule has 0 bridgehead atoms. The van der Waals surface area contributed by atoms with Gasteiger partial charge < -0.3 is 0 Å². The molecule has 0 aliphatic carbocycles. The Bertz CT molecular complexity index is 169. The van der Waals surface area contributed by atoms with Crippen molar-refractivity contribution in [2.24, 2.45) is 0 Å². The number of hydrogen-bond donors (Lipinski definition) is 0. The summed E-state index contributed by atoms with van der Waals surface area (Å²) in [5.74, 6) is 0. The van der Waals surface area contributed by atoms with Gasteiger partial charge in [-0.3, -0.25) is 0 Å². The molecule has 0 aromatic rings. The van der Waals surface area contributed by atoms with Crippen LogP contribution in [-0.2, 0) is 0 Å². The topological polar surface area (TPSA) is 0 Å². The Morgan fingerprint density at radius 3 is 1.62 bits per heavy atom. The zero-order valence-corrected chi connectivity index (χ0v) is 10.1. The molecule has 13 heavy (non-hydrogen) atoms. The summed E-state index contributed by atoms with van der Waals surface area (Å²) < 4.78 is 0. The molecule has 0 aromatic carbocycles. The van der Waals surface area contributed by atoms with Crippen molar-refractivity contribution in [1.82, 2.24) is 0 Å². The third kappa shape index (κ3) is 3.15. The fourth-order valence-corrected chi connectivity index (χ4v) is 6.61. The Hall–Kier alpha value is -0.303. The van der Waals surface area contributed by atoms with Crippen molar-refractivity contribution in [3.63, 3.8) is 0 Å². The monoisotopic (exact) mass is 194 g/mol. The molecule has 1 fully saturated rings. The van der Waals surface area contributed by atoms with Gasteiger partial charge in [0.05, 0.1) is 0 Å². The molecule has 0 nitrogen and oxygen atoms in total. The van der Waals surface area contributed by atoms with E-state index in [1.54, 1.807) is 0 Å². The van der Waals surface area contributed by atoms with Crippen LogP contribution in [-0.4, -0.2) is 8.07 Å². The lowest BCUT2D eigenvalue weighted by Crippen LogP contribution is -2.28. The summed E-state index contributed by atoms with van der Waals surface area (Å²) in [4.78, 5) is 0. The van der Waals surface area contributed by atoms with Gasteiger partial charge in [-0.05, 0) is 13.8 Å². The first kappa shape index (κ1) is 10.8. The normalized spacial score (nSPS) is 23.8. The van der Waals surface area contributed by atoms with Crippen molar-refractivity contribution >= 4 is 8.07 Å². The van der Waals surface area contributed by atoms with Crippen LogP contribution in [0.4, 0.5) is 0 Å². The Kier molecular flexibility index (Phi) is 4.50. The molecule has 1 saturated heterocycles. The van der Waals surface area contributed by atoms with Gasteiger partial charge in [-0.2, -0.15) is 0 Å². The van der Waals surface area contributed by atoms with Gasteiger partial charge in [0.15, 0.2) is 0 Å². The Labute approximate surface area is 83.7 Å². The Morgan fingerprint density at radius 2 is 1.23 bits per heavy atom. The third-order valence-electron chi connectivity index (χ3n) is 3.03. The quantitative estimate of drug-likeness (QED) is 0.577. The molecule has 1 heteroatoms. The molecule has 1 aliphatic rings. The predicted octanol–water partition coefficient (Wildman–Crippen LogP) is 4.24. The van der Waals surface area contributed by atoms with Crippen LogP contribution in [0.2, 0.25) is 12.1 Å².